The van der Waals surface area contributed by atoms with E-state index in [1.54, 1.807) is 67.8 Å². The average molecular weight is 482 g/mol. The number of hydrazone groups is 1. The lowest BCUT2D eigenvalue weighted by molar-refractivity contribution is -0.120. The van der Waals surface area contributed by atoms with Gasteiger partial charge in [0.1, 0.15) is 11.5 Å². The predicted octanol–water partition coefficient (Wildman–Crippen LogP) is 3.95. The molecule has 8 heteroatoms. The summed E-state index contributed by atoms with van der Waals surface area (Å²) in [4.78, 5) is 37.0. The first-order chi connectivity index (χ1) is 17.5. The number of nitrogens with zero attached hydrogens (tertiary/aromatic N) is 1. The summed E-state index contributed by atoms with van der Waals surface area (Å²) in [5.74, 6) is -0.380. The maximum atomic E-state index is 12.5. The molecule has 4 rings (SSSR count). The molecule has 0 fully saturated rings. The Bertz CT molecular complexity index is 1430. The zero-order chi connectivity index (χ0) is 25.3. The molecule has 4 aromatic rings. The molecule has 0 saturated carbocycles. The molecule has 0 aliphatic carbocycles. The van der Waals surface area contributed by atoms with Crippen molar-refractivity contribution in [3.8, 4) is 11.5 Å². The number of amides is 2. The van der Waals surface area contributed by atoms with Crippen molar-refractivity contribution in [3.63, 3.8) is 0 Å². The van der Waals surface area contributed by atoms with Crippen molar-refractivity contribution in [1.82, 2.24) is 10.7 Å². The topological polar surface area (TPSA) is 106 Å². The molecule has 0 saturated heterocycles. The van der Waals surface area contributed by atoms with Crippen LogP contribution in [0.4, 0.5) is 0 Å². The summed E-state index contributed by atoms with van der Waals surface area (Å²) in [6.07, 6.45) is 1.41. The van der Waals surface area contributed by atoms with E-state index in [4.69, 9.17) is 9.47 Å². The number of carbonyl (C=O) groups excluding carboxylic acids is 3. The molecule has 0 aliphatic heterocycles. The van der Waals surface area contributed by atoms with Crippen molar-refractivity contribution in [3.05, 3.63) is 108 Å². The number of methoxy groups -OCH3 is 1. The SMILES string of the molecule is COc1ccc(C(=O)Oc2cccc(C=NNC(=O)CNC(=O)c3cccc4ccccc34)c2)cc1. The molecular weight excluding hydrogens is 458 g/mol. The van der Waals surface area contributed by atoms with Gasteiger partial charge < -0.3 is 14.8 Å². The highest BCUT2D eigenvalue weighted by molar-refractivity contribution is 6.07. The highest BCUT2D eigenvalue weighted by Gasteiger charge is 2.11. The Morgan fingerprint density at radius 3 is 2.42 bits per heavy atom. The Kier molecular flexibility index (Phi) is 7.67. The van der Waals surface area contributed by atoms with Gasteiger partial charge in [0.2, 0.25) is 0 Å². The van der Waals surface area contributed by atoms with E-state index in [1.807, 2.05) is 30.3 Å². The van der Waals surface area contributed by atoms with Crippen molar-refractivity contribution in [2.45, 2.75) is 0 Å². The van der Waals surface area contributed by atoms with E-state index in [-0.39, 0.29) is 12.5 Å². The van der Waals surface area contributed by atoms with Crippen molar-refractivity contribution < 1.29 is 23.9 Å². The Hall–Kier alpha value is -4.98. The van der Waals surface area contributed by atoms with Gasteiger partial charge in [-0.1, -0.05) is 48.5 Å². The Balaban J connectivity index is 1.29. The van der Waals surface area contributed by atoms with Gasteiger partial charge in [0.15, 0.2) is 0 Å². The van der Waals surface area contributed by atoms with Gasteiger partial charge in [-0.3, -0.25) is 9.59 Å². The number of esters is 1. The second-order valence-electron chi connectivity index (χ2n) is 7.69. The Morgan fingerprint density at radius 2 is 1.61 bits per heavy atom. The van der Waals surface area contributed by atoms with E-state index in [0.29, 0.717) is 28.2 Å². The van der Waals surface area contributed by atoms with E-state index in [2.05, 4.69) is 15.8 Å². The van der Waals surface area contributed by atoms with Gasteiger partial charge in [-0.2, -0.15) is 5.10 Å². The molecule has 36 heavy (non-hydrogen) atoms. The fourth-order valence-corrected chi connectivity index (χ4v) is 3.45. The number of nitrogens with one attached hydrogen (secondary N) is 2. The monoisotopic (exact) mass is 481 g/mol. The normalized spacial score (nSPS) is 10.7. The predicted molar refractivity (Wildman–Crippen MR) is 136 cm³/mol. The smallest absolute Gasteiger partial charge is 0.343 e. The van der Waals surface area contributed by atoms with Gasteiger partial charge in [-0.05, 0) is 58.8 Å². The van der Waals surface area contributed by atoms with Gasteiger partial charge in [0, 0.05) is 5.56 Å². The molecule has 8 nitrogen and oxygen atoms in total. The van der Waals surface area contributed by atoms with Crippen molar-refractivity contribution >= 4 is 34.8 Å². The first-order valence-corrected chi connectivity index (χ1v) is 11.1. The van der Waals surface area contributed by atoms with Crippen LogP contribution < -0.4 is 20.2 Å². The summed E-state index contributed by atoms with van der Waals surface area (Å²) in [7, 11) is 1.55. The van der Waals surface area contributed by atoms with Crippen LogP contribution >= 0.6 is 0 Å². The Labute approximate surface area is 207 Å². The number of rotatable bonds is 8. The molecule has 0 aromatic heterocycles. The van der Waals surface area contributed by atoms with Gasteiger partial charge in [0.25, 0.3) is 11.8 Å². The van der Waals surface area contributed by atoms with Crippen LogP contribution in [0.2, 0.25) is 0 Å². The molecule has 0 aliphatic rings. The molecular formula is C28H23N3O5. The third-order valence-corrected chi connectivity index (χ3v) is 5.24. The quantitative estimate of drug-likeness (QED) is 0.172. The molecule has 0 bridgehead atoms. The van der Waals surface area contributed by atoms with Crippen molar-refractivity contribution in [2.75, 3.05) is 13.7 Å². The first kappa shape index (κ1) is 24.2. The van der Waals surface area contributed by atoms with Crippen molar-refractivity contribution in [1.29, 1.82) is 0 Å². The van der Waals surface area contributed by atoms with Gasteiger partial charge in [-0.15, -0.1) is 0 Å². The molecule has 0 radical (unpaired) electrons. The number of hydrogen-bond acceptors (Lipinski definition) is 6. The Morgan fingerprint density at radius 1 is 0.861 bits per heavy atom. The maximum Gasteiger partial charge on any atom is 0.343 e. The van der Waals surface area contributed by atoms with E-state index >= 15 is 0 Å². The van der Waals surface area contributed by atoms with E-state index < -0.39 is 11.9 Å². The third-order valence-electron chi connectivity index (χ3n) is 5.24. The van der Waals surface area contributed by atoms with Crippen LogP contribution in [0.1, 0.15) is 26.3 Å². The standard InChI is InChI=1S/C28H23N3O5/c1-35-22-14-12-21(13-15-22)28(34)36-23-9-4-6-19(16-23)17-30-31-26(32)18-29-27(33)25-11-5-8-20-7-2-3-10-24(20)25/h2-17H,18H2,1H3,(H,29,33)(H,31,32). The molecule has 0 unspecified atom stereocenters. The lowest BCUT2D eigenvalue weighted by atomic mass is 10.0. The number of fused-ring (bicyclic) bond motifs is 1. The summed E-state index contributed by atoms with van der Waals surface area (Å²) < 4.78 is 10.5. The molecule has 180 valence electrons. The van der Waals surface area contributed by atoms with Crippen LogP contribution in [0.3, 0.4) is 0 Å². The highest BCUT2D eigenvalue weighted by atomic mass is 16.5. The zero-order valence-electron chi connectivity index (χ0n) is 19.4. The number of hydrogen-bond donors (Lipinski definition) is 2. The van der Waals surface area contributed by atoms with Crippen LogP contribution in [0, 0.1) is 0 Å². The molecule has 4 aromatic carbocycles. The second-order valence-corrected chi connectivity index (χ2v) is 7.69. The lowest BCUT2D eigenvalue weighted by Gasteiger charge is -2.07. The van der Waals surface area contributed by atoms with Gasteiger partial charge >= 0.3 is 5.97 Å². The lowest BCUT2D eigenvalue weighted by Crippen LogP contribution is -2.35. The maximum absolute atomic E-state index is 12.5. The van der Waals surface area contributed by atoms with Crippen molar-refractivity contribution in [2.24, 2.45) is 5.10 Å². The average Bonchev–Trinajstić information content (AvgIpc) is 2.91. The van der Waals surface area contributed by atoms with Gasteiger partial charge in [-0.25, -0.2) is 10.2 Å². The molecule has 2 amide bonds. The number of carbonyl (C=O) groups is 3. The minimum absolute atomic E-state index is 0.237. The minimum atomic E-state index is -0.512. The first-order valence-electron chi connectivity index (χ1n) is 11.1. The fraction of sp³-hybridized carbons (Fsp3) is 0.0714. The third kappa shape index (κ3) is 6.12. The second kappa shape index (κ2) is 11.4. The van der Waals surface area contributed by atoms with Gasteiger partial charge in [0.05, 0.1) is 25.4 Å². The number of benzene rings is 4. The molecule has 2 N–H and O–H groups in total. The van der Waals surface area contributed by atoms with Crippen LogP contribution in [-0.4, -0.2) is 37.7 Å². The largest absolute Gasteiger partial charge is 0.497 e. The summed E-state index contributed by atoms with van der Waals surface area (Å²) in [6.45, 7) is -0.237. The minimum Gasteiger partial charge on any atom is -0.497 e. The van der Waals surface area contributed by atoms with E-state index in [1.165, 1.54) is 6.21 Å². The van der Waals surface area contributed by atoms with E-state index in [9.17, 15) is 14.4 Å². The molecule has 0 atom stereocenters. The number of ether oxygens (including phenoxy) is 2. The summed E-state index contributed by atoms with van der Waals surface area (Å²) in [6, 6.07) is 26.2. The highest BCUT2D eigenvalue weighted by Crippen LogP contribution is 2.18. The van der Waals surface area contributed by atoms with Crippen LogP contribution in [0.25, 0.3) is 10.8 Å². The summed E-state index contributed by atoms with van der Waals surface area (Å²) in [5, 5.41) is 8.26. The fourth-order valence-electron chi connectivity index (χ4n) is 3.45. The summed E-state index contributed by atoms with van der Waals surface area (Å²) >= 11 is 0. The molecule has 0 heterocycles. The summed E-state index contributed by atoms with van der Waals surface area (Å²) in [5.41, 5.74) is 3.85. The zero-order valence-corrected chi connectivity index (χ0v) is 19.4. The van der Waals surface area contributed by atoms with Crippen LogP contribution in [0.5, 0.6) is 11.5 Å². The van der Waals surface area contributed by atoms with Crippen LogP contribution in [0.15, 0.2) is 96.1 Å². The van der Waals surface area contributed by atoms with E-state index in [0.717, 1.165) is 10.8 Å². The van der Waals surface area contributed by atoms with Crippen LogP contribution in [-0.2, 0) is 4.79 Å². The molecule has 0 spiro atoms.